The lowest BCUT2D eigenvalue weighted by atomic mass is 9.91. The number of ether oxygens (including phenoxy) is 1. The topological polar surface area (TPSA) is 50.6 Å². The molecule has 1 spiro atoms. The zero-order chi connectivity index (χ0) is 17.9. The van der Waals surface area contributed by atoms with E-state index >= 15 is 0 Å². The first-order chi connectivity index (χ1) is 12.0. The van der Waals surface area contributed by atoms with Crippen LogP contribution in [0.3, 0.4) is 0 Å². The predicted octanol–water partition coefficient (Wildman–Crippen LogP) is 3.04. The van der Waals surface area contributed by atoms with Crippen molar-refractivity contribution in [1.29, 1.82) is 0 Å². The Balaban J connectivity index is 1.53. The van der Waals surface area contributed by atoms with Gasteiger partial charge < -0.3 is 9.64 Å². The second-order valence-corrected chi connectivity index (χ2v) is 7.45. The van der Waals surface area contributed by atoms with Crippen molar-refractivity contribution in [2.24, 2.45) is 0 Å². The van der Waals surface area contributed by atoms with E-state index in [-0.39, 0.29) is 17.7 Å². The minimum absolute atomic E-state index is 0.125. The molecule has 3 heterocycles. The van der Waals surface area contributed by atoms with Gasteiger partial charge in [0, 0.05) is 50.3 Å². The zero-order valence-electron chi connectivity index (χ0n) is 15.5. The van der Waals surface area contributed by atoms with E-state index in [1.807, 2.05) is 21.9 Å². The van der Waals surface area contributed by atoms with Gasteiger partial charge in [-0.25, -0.2) is 4.79 Å². The third kappa shape index (κ3) is 4.06. The van der Waals surface area contributed by atoms with Gasteiger partial charge in [0.2, 0.25) is 0 Å². The van der Waals surface area contributed by atoms with Crippen molar-refractivity contribution in [2.75, 3.05) is 19.6 Å². The van der Waals surface area contributed by atoms with Gasteiger partial charge in [-0.15, -0.1) is 6.58 Å². The molecule has 3 rings (SSSR count). The fourth-order valence-corrected chi connectivity index (χ4v) is 3.92. The van der Waals surface area contributed by atoms with Crippen LogP contribution in [0.15, 0.2) is 25.0 Å². The molecule has 0 bridgehead atoms. The minimum Gasteiger partial charge on any atom is -0.441 e. The SMILES string of the molecule is C=CCn1cc(CN2CCC3(CC2)CN([C@@H](C)CCC)C(=O)O3)cn1. The quantitative estimate of drug-likeness (QED) is 0.712. The molecule has 0 unspecified atom stereocenters. The summed E-state index contributed by atoms with van der Waals surface area (Å²) in [6.45, 7) is 12.3. The van der Waals surface area contributed by atoms with Crippen molar-refractivity contribution in [3.8, 4) is 0 Å². The van der Waals surface area contributed by atoms with E-state index < -0.39 is 0 Å². The Bertz CT molecular complexity index is 604. The summed E-state index contributed by atoms with van der Waals surface area (Å²) in [6, 6.07) is 0.269. The minimum atomic E-state index is -0.275. The van der Waals surface area contributed by atoms with E-state index in [0.29, 0.717) is 0 Å². The number of amides is 1. The van der Waals surface area contributed by atoms with Crippen LogP contribution in [-0.4, -0.2) is 57.0 Å². The van der Waals surface area contributed by atoms with Gasteiger partial charge in [-0.3, -0.25) is 9.58 Å². The van der Waals surface area contributed by atoms with Gasteiger partial charge in [0.25, 0.3) is 0 Å². The Labute approximate surface area is 150 Å². The van der Waals surface area contributed by atoms with Crippen LogP contribution >= 0.6 is 0 Å². The molecule has 0 aliphatic carbocycles. The van der Waals surface area contributed by atoms with E-state index in [9.17, 15) is 4.79 Å². The zero-order valence-corrected chi connectivity index (χ0v) is 15.5. The molecule has 2 saturated heterocycles. The van der Waals surface area contributed by atoms with Crippen LogP contribution in [0.25, 0.3) is 0 Å². The summed E-state index contributed by atoms with van der Waals surface area (Å²) < 4.78 is 7.74. The molecule has 25 heavy (non-hydrogen) atoms. The van der Waals surface area contributed by atoms with Crippen LogP contribution in [0.4, 0.5) is 4.79 Å². The van der Waals surface area contributed by atoms with Gasteiger partial charge >= 0.3 is 6.09 Å². The lowest BCUT2D eigenvalue weighted by molar-refractivity contribution is -0.00132. The van der Waals surface area contributed by atoms with Crippen LogP contribution in [0, 0.1) is 0 Å². The van der Waals surface area contributed by atoms with E-state index in [1.54, 1.807) is 0 Å². The highest BCUT2D eigenvalue weighted by Crippen LogP contribution is 2.35. The predicted molar refractivity (Wildman–Crippen MR) is 97.2 cm³/mol. The largest absolute Gasteiger partial charge is 0.441 e. The number of piperidine rings is 1. The Hall–Kier alpha value is -1.82. The monoisotopic (exact) mass is 346 g/mol. The number of rotatable bonds is 7. The van der Waals surface area contributed by atoms with Crippen molar-refractivity contribution in [2.45, 2.75) is 64.3 Å². The molecule has 138 valence electrons. The number of hydrogen-bond acceptors (Lipinski definition) is 4. The number of aromatic nitrogens is 2. The van der Waals surface area contributed by atoms with Crippen molar-refractivity contribution >= 4 is 6.09 Å². The highest BCUT2D eigenvalue weighted by Gasteiger charge is 2.47. The molecule has 6 heteroatoms. The molecule has 1 aromatic rings. The average molecular weight is 346 g/mol. The molecule has 0 N–H and O–H groups in total. The molecule has 2 fully saturated rings. The number of hydrogen-bond donors (Lipinski definition) is 0. The van der Waals surface area contributed by atoms with Crippen LogP contribution in [0.1, 0.15) is 45.1 Å². The van der Waals surface area contributed by atoms with E-state index in [4.69, 9.17) is 4.74 Å². The molecule has 0 aromatic carbocycles. The van der Waals surface area contributed by atoms with E-state index in [0.717, 1.165) is 58.4 Å². The summed E-state index contributed by atoms with van der Waals surface area (Å²) in [5, 5.41) is 4.34. The first-order valence-electron chi connectivity index (χ1n) is 9.39. The number of carbonyl (C=O) groups is 1. The molecule has 6 nitrogen and oxygen atoms in total. The lowest BCUT2D eigenvalue weighted by Gasteiger charge is -2.37. The van der Waals surface area contributed by atoms with Crippen LogP contribution in [-0.2, 0) is 17.8 Å². The molecular formula is C19H30N4O2. The van der Waals surface area contributed by atoms with Gasteiger partial charge in [-0.2, -0.15) is 5.10 Å². The standard InChI is InChI=1S/C19H30N4O2/c1-4-6-16(3)23-15-19(25-18(23)24)7-10-21(11-8-19)13-17-12-20-22(14-17)9-5-2/h5,12,14,16H,2,4,6-11,13,15H2,1,3H3/t16-/m0/s1. The molecule has 1 amide bonds. The summed E-state index contributed by atoms with van der Waals surface area (Å²) in [5.41, 5.74) is 0.946. The van der Waals surface area contributed by atoms with E-state index in [1.165, 1.54) is 5.56 Å². The number of nitrogens with zero attached hydrogens (tertiary/aromatic N) is 4. The number of likely N-dealkylation sites (tertiary alicyclic amines) is 1. The van der Waals surface area contributed by atoms with Gasteiger partial charge in [-0.1, -0.05) is 19.4 Å². The second-order valence-electron chi connectivity index (χ2n) is 7.45. The summed E-state index contributed by atoms with van der Waals surface area (Å²) in [4.78, 5) is 16.6. The van der Waals surface area contributed by atoms with Gasteiger partial charge in [0.05, 0.1) is 19.3 Å². The Morgan fingerprint density at radius 1 is 1.44 bits per heavy atom. The first-order valence-corrected chi connectivity index (χ1v) is 9.39. The molecule has 2 aliphatic heterocycles. The number of allylic oxidation sites excluding steroid dienone is 1. The van der Waals surface area contributed by atoms with Crippen molar-refractivity contribution in [3.63, 3.8) is 0 Å². The van der Waals surface area contributed by atoms with Crippen molar-refractivity contribution < 1.29 is 9.53 Å². The maximum Gasteiger partial charge on any atom is 0.410 e. The average Bonchev–Trinajstić information content (AvgIpc) is 3.15. The summed E-state index contributed by atoms with van der Waals surface area (Å²) >= 11 is 0. The molecule has 0 saturated carbocycles. The van der Waals surface area contributed by atoms with Crippen molar-refractivity contribution in [1.82, 2.24) is 19.6 Å². The molecular weight excluding hydrogens is 316 g/mol. The maximum atomic E-state index is 12.3. The van der Waals surface area contributed by atoms with Crippen LogP contribution in [0.5, 0.6) is 0 Å². The molecule has 2 aliphatic rings. The number of carbonyl (C=O) groups excluding carboxylic acids is 1. The summed E-state index contributed by atoms with van der Waals surface area (Å²) in [7, 11) is 0. The van der Waals surface area contributed by atoms with Gasteiger partial charge in [0.1, 0.15) is 5.60 Å². The fourth-order valence-electron chi connectivity index (χ4n) is 3.92. The van der Waals surface area contributed by atoms with Gasteiger partial charge in [0.15, 0.2) is 0 Å². The van der Waals surface area contributed by atoms with E-state index in [2.05, 4.69) is 36.6 Å². The smallest absolute Gasteiger partial charge is 0.410 e. The molecule has 1 aromatic heterocycles. The molecule has 1 atom stereocenters. The van der Waals surface area contributed by atoms with Crippen molar-refractivity contribution in [3.05, 3.63) is 30.6 Å². The molecule has 0 radical (unpaired) electrons. The second kappa shape index (κ2) is 7.60. The highest BCUT2D eigenvalue weighted by molar-refractivity contribution is 5.71. The normalized spacial score (nSPS) is 21.5. The lowest BCUT2D eigenvalue weighted by Crippen LogP contribution is -2.47. The van der Waals surface area contributed by atoms with Crippen LogP contribution < -0.4 is 0 Å². The van der Waals surface area contributed by atoms with Gasteiger partial charge in [-0.05, 0) is 13.3 Å². The highest BCUT2D eigenvalue weighted by atomic mass is 16.6. The first kappa shape index (κ1) is 18.0. The third-order valence-corrected chi connectivity index (χ3v) is 5.41. The fraction of sp³-hybridized carbons (Fsp3) is 0.684. The van der Waals surface area contributed by atoms with Crippen LogP contribution in [0.2, 0.25) is 0 Å². The maximum absolute atomic E-state index is 12.3. The third-order valence-electron chi connectivity index (χ3n) is 5.41. The Morgan fingerprint density at radius 2 is 2.20 bits per heavy atom. The Morgan fingerprint density at radius 3 is 2.88 bits per heavy atom. The summed E-state index contributed by atoms with van der Waals surface area (Å²) in [6.07, 6.45) is 9.68. The Kier molecular flexibility index (Phi) is 5.47. The summed E-state index contributed by atoms with van der Waals surface area (Å²) in [5.74, 6) is 0.